The van der Waals surface area contributed by atoms with Crippen molar-refractivity contribution in [3.63, 3.8) is 0 Å². The Balaban J connectivity index is 2.76. The van der Waals surface area contributed by atoms with Crippen molar-refractivity contribution in [1.82, 2.24) is 4.98 Å². The van der Waals surface area contributed by atoms with Crippen LogP contribution in [-0.2, 0) is 6.54 Å². The monoisotopic (exact) mass is 210 g/mol. The molecule has 0 atom stereocenters. The summed E-state index contributed by atoms with van der Waals surface area (Å²) >= 11 is 0. The number of hydrogen-bond acceptors (Lipinski definition) is 4. The topological polar surface area (TPSA) is 68.4 Å². The zero-order valence-electron chi connectivity index (χ0n) is 9.45. The maximum Gasteiger partial charge on any atom is 0.142 e. The summed E-state index contributed by atoms with van der Waals surface area (Å²) in [6.07, 6.45) is 0. The van der Waals surface area contributed by atoms with Gasteiger partial charge in [0.25, 0.3) is 0 Å². The van der Waals surface area contributed by atoms with E-state index in [1.54, 1.807) is 13.8 Å². The lowest BCUT2D eigenvalue weighted by atomic mass is 10.2. The summed E-state index contributed by atoms with van der Waals surface area (Å²) in [7, 11) is 0. The summed E-state index contributed by atoms with van der Waals surface area (Å²) < 4.78 is 5.45. The van der Waals surface area contributed by atoms with Gasteiger partial charge in [-0.3, -0.25) is 4.98 Å². The largest absolute Gasteiger partial charge is 0.489 e. The van der Waals surface area contributed by atoms with E-state index in [0.29, 0.717) is 12.3 Å². The SMILES string of the molecule is Cc1ccc(OCC(C)(C)O)c(CN)n1. The molecule has 0 bridgehead atoms. The molecular formula is C11H18N2O2. The third kappa shape index (κ3) is 3.85. The molecule has 3 N–H and O–H groups in total. The number of aryl methyl sites for hydroxylation is 1. The van der Waals surface area contributed by atoms with Gasteiger partial charge in [0.15, 0.2) is 0 Å². The second kappa shape index (κ2) is 4.59. The predicted molar refractivity (Wildman–Crippen MR) is 58.7 cm³/mol. The Bertz CT molecular complexity index is 332. The molecule has 0 unspecified atom stereocenters. The van der Waals surface area contributed by atoms with E-state index in [2.05, 4.69) is 4.98 Å². The second-order valence-corrected chi connectivity index (χ2v) is 4.20. The van der Waals surface area contributed by atoms with Crippen molar-refractivity contribution in [2.75, 3.05) is 6.61 Å². The molecule has 0 aliphatic rings. The Kier molecular flexibility index (Phi) is 3.66. The minimum Gasteiger partial charge on any atom is -0.489 e. The first kappa shape index (κ1) is 11.9. The number of nitrogens with zero attached hydrogens (tertiary/aromatic N) is 1. The van der Waals surface area contributed by atoms with Crippen LogP contribution in [0.3, 0.4) is 0 Å². The van der Waals surface area contributed by atoms with Crippen LogP contribution in [0.2, 0.25) is 0 Å². The van der Waals surface area contributed by atoms with E-state index in [0.717, 1.165) is 11.4 Å². The van der Waals surface area contributed by atoms with Crippen LogP contribution in [-0.4, -0.2) is 22.3 Å². The molecule has 0 spiro atoms. The summed E-state index contributed by atoms with van der Waals surface area (Å²) in [4.78, 5) is 4.26. The van der Waals surface area contributed by atoms with Crippen LogP contribution >= 0.6 is 0 Å². The van der Waals surface area contributed by atoms with E-state index in [1.165, 1.54) is 0 Å². The molecule has 0 aromatic carbocycles. The maximum atomic E-state index is 9.52. The number of aromatic nitrogens is 1. The van der Waals surface area contributed by atoms with Gasteiger partial charge in [-0.25, -0.2) is 0 Å². The molecule has 0 amide bonds. The van der Waals surface area contributed by atoms with Crippen molar-refractivity contribution in [2.24, 2.45) is 5.73 Å². The maximum absolute atomic E-state index is 9.52. The van der Waals surface area contributed by atoms with Crippen LogP contribution in [0.1, 0.15) is 25.2 Å². The lowest BCUT2D eigenvalue weighted by molar-refractivity contribution is 0.0280. The Morgan fingerprint density at radius 1 is 1.47 bits per heavy atom. The lowest BCUT2D eigenvalue weighted by Crippen LogP contribution is -2.28. The minimum atomic E-state index is -0.850. The highest BCUT2D eigenvalue weighted by molar-refractivity contribution is 5.29. The van der Waals surface area contributed by atoms with Crippen LogP contribution in [0, 0.1) is 6.92 Å². The second-order valence-electron chi connectivity index (χ2n) is 4.20. The third-order valence-corrected chi connectivity index (χ3v) is 1.85. The van der Waals surface area contributed by atoms with Crippen molar-refractivity contribution >= 4 is 0 Å². The van der Waals surface area contributed by atoms with Crippen molar-refractivity contribution in [3.05, 3.63) is 23.5 Å². The number of rotatable bonds is 4. The number of aliphatic hydroxyl groups is 1. The average Bonchev–Trinajstić information content (AvgIpc) is 2.14. The molecule has 4 nitrogen and oxygen atoms in total. The van der Waals surface area contributed by atoms with E-state index in [-0.39, 0.29) is 6.61 Å². The zero-order valence-corrected chi connectivity index (χ0v) is 9.45. The summed E-state index contributed by atoms with van der Waals surface area (Å²) in [6, 6.07) is 3.69. The fraction of sp³-hybridized carbons (Fsp3) is 0.545. The van der Waals surface area contributed by atoms with Crippen LogP contribution in [0.15, 0.2) is 12.1 Å². The molecule has 0 aliphatic carbocycles. The highest BCUT2D eigenvalue weighted by Gasteiger charge is 2.14. The number of ether oxygens (including phenoxy) is 1. The van der Waals surface area contributed by atoms with E-state index in [9.17, 15) is 5.11 Å². The molecule has 4 heteroatoms. The van der Waals surface area contributed by atoms with Gasteiger partial charge in [-0.2, -0.15) is 0 Å². The summed E-state index contributed by atoms with van der Waals surface area (Å²) in [5.41, 5.74) is 6.33. The van der Waals surface area contributed by atoms with E-state index < -0.39 is 5.60 Å². The first-order valence-electron chi connectivity index (χ1n) is 4.94. The molecule has 0 aliphatic heterocycles. The Hall–Kier alpha value is -1.13. The molecule has 1 heterocycles. The van der Waals surface area contributed by atoms with Crippen molar-refractivity contribution in [1.29, 1.82) is 0 Å². The molecule has 84 valence electrons. The quantitative estimate of drug-likeness (QED) is 0.778. The number of hydrogen-bond donors (Lipinski definition) is 2. The van der Waals surface area contributed by atoms with Crippen molar-refractivity contribution < 1.29 is 9.84 Å². The van der Waals surface area contributed by atoms with E-state index in [1.807, 2.05) is 19.1 Å². The zero-order chi connectivity index (χ0) is 11.5. The third-order valence-electron chi connectivity index (χ3n) is 1.85. The Morgan fingerprint density at radius 2 is 2.13 bits per heavy atom. The molecule has 0 fully saturated rings. The molecule has 15 heavy (non-hydrogen) atoms. The molecule has 0 radical (unpaired) electrons. The van der Waals surface area contributed by atoms with E-state index in [4.69, 9.17) is 10.5 Å². The first-order valence-corrected chi connectivity index (χ1v) is 4.94. The van der Waals surface area contributed by atoms with Crippen molar-refractivity contribution in [3.8, 4) is 5.75 Å². The molecule has 0 saturated heterocycles. The van der Waals surface area contributed by atoms with Crippen LogP contribution in [0.4, 0.5) is 0 Å². The number of nitrogens with two attached hydrogens (primary N) is 1. The van der Waals surface area contributed by atoms with Gasteiger partial charge in [0.2, 0.25) is 0 Å². The minimum absolute atomic E-state index is 0.227. The normalized spacial score (nSPS) is 11.5. The molecule has 1 aromatic heterocycles. The summed E-state index contributed by atoms with van der Waals surface area (Å²) in [5.74, 6) is 0.644. The Labute approximate surface area is 90.1 Å². The van der Waals surface area contributed by atoms with Crippen molar-refractivity contribution in [2.45, 2.75) is 32.9 Å². The summed E-state index contributed by atoms with van der Waals surface area (Å²) in [5, 5.41) is 9.52. The van der Waals surface area contributed by atoms with Crippen LogP contribution < -0.4 is 10.5 Å². The van der Waals surface area contributed by atoms with Gasteiger partial charge in [0.05, 0.1) is 11.3 Å². The standard InChI is InChI=1S/C11H18N2O2/c1-8-4-5-10(9(6-12)13-8)15-7-11(2,3)14/h4-5,14H,6-7,12H2,1-3H3. The van der Waals surface area contributed by atoms with Gasteiger partial charge in [-0.1, -0.05) is 0 Å². The van der Waals surface area contributed by atoms with Crippen LogP contribution in [0.25, 0.3) is 0 Å². The molecule has 1 rings (SSSR count). The predicted octanol–water partition coefficient (Wildman–Crippen LogP) is 0.998. The highest BCUT2D eigenvalue weighted by atomic mass is 16.5. The number of pyridine rings is 1. The van der Waals surface area contributed by atoms with Crippen LogP contribution in [0.5, 0.6) is 5.75 Å². The van der Waals surface area contributed by atoms with Gasteiger partial charge in [-0.05, 0) is 32.9 Å². The smallest absolute Gasteiger partial charge is 0.142 e. The van der Waals surface area contributed by atoms with E-state index >= 15 is 0 Å². The lowest BCUT2D eigenvalue weighted by Gasteiger charge is -2.18. The molecule has 1 aromatic rings. The molecular weight excluding hydrogens is 192 g/mol. The van der Waals surface area contributed by atoms with Gasteiger partial charge >= 0.3 is 0 Å². The van der Waals surface area contributed by atoms with Gasteiger partial charge in [0.1, 0.15) is 12.4 Å². The fourth-order valence-electron chi connectivity index (χ4n) is 1.13. The Morgan fingerprint density at radius 3 is 2.67 bits per heavy atom. The highest BCUT2D eigenvalue weighted by Crippen LogP contribution is 2.17. The average molecular weight is 210 g/mol. The fourth-order valence-corrected chi connectivity index (χ4v) is 1.13. The summed E-state index contributed by atoms with van der Waals surface area (Å²) in [6.45, 7) is 5.85. The molecule has 0 saturated carbocycles. The first-order chi connectivity index (χ1) is 6.92. The van der Waals surface area contributed by atoms with Gasteiger partial charge < -0.3 is 15.6 Å². The van der Waals surface area contributed by atoms with Gasteiger partial charge in [-0.15, -0.1) is 0 Å². The van der Waals surface area contributed by atoms with Gasteiger partial charge in [0, 0.05) is 12.2 Å².